The highest BCUT2D eigenvalue weighted by Gasteiger charge is 2.36. The maximum absolute atomic E-state index is 13.2. The number of hydrogen-bond donors (Lipinski definition) is 1. The molecule has 1 unspecified atom stereocenters. The quantitative estimate of drug-likeness (QED) is 0.411. The van der Waals surface area contributed by atoms with Gasteiger partial charge < -0.3 is 10.0 Å². The van der Waals surface area contributed by atoms with Crippen LogP contribution in [0, 0.1) is 0 Å². The summed E-state index contributed by atoms with van der Waals surface area (Å²) in [5.41, 5.74) is 1.30. The molecule has 2 rings (SSSR count). The van der Waals surface area contributed by atoms with Crippen LogP contribution in [0.5, 0.6) is 0 Å². The largest absolute Gasteiger partial charge is 0.481 e. The second-order valence-corrected chi connectivity index (χ2v) is 8.13. The molecule has 2 atom stereocenters. The van der Waals surface area contributed by atoms with Gasteiger partial charge in [0.1, 0.15) is 0 Å². The normalized spacial score (nSPS) is 17.7. The summed E-state index contributed by atoms with van der Waals surface area (Å²) in [6.45, 7) is 5.23. The molecule has 0 aromatic heterocycles. The van der Waals surface area contributed by atoms with Gasteiger partial charge in [-0.05, 0) is 37.6 Å². The molecule has 162 valence electrons. The van der Waals surface area contributed by atoms with Crippen LogP contribution in [0.1, 0.15) is 44.7 Å². The number of hydrogen-bond acceptors (Lipinski definition) is 5. The van der Waals surface area contributed by atoms with E-state index in [0.29, 0.717) is 30.0 Å². The Morgan fingerprint density at radius 2 is 2.03 bits per heavy atom. The van der Waals surface area contributed by atoms with Gasteiger partial charge in [0, 0.05) is 17.1 Å². The molecule has 9 heteroatoms. The van der Waals surface area contributed by atoms with Crippen molar-refractivity contribution in [3.05, 3.63) is 46.5 Å². The minimum atomic E-state index is -1.01. The Labute approximate surface area is 189 Å². The fourth-order valence-corrected chi connectivity index (χ4v) is 3.75. The maximum atomic E-state index is 13.2. The summed E-state index contributed by atoms with van der Waals surface area (Å²) in [6.07, 6.45) is 2.74. The molecule has 0 saturated heterocycles. The van der Waals surface area contributed by atoms with Crippen molar-refractivity contribution in [3.8, 4) is 0 Å². The Kier molecular flexibility index (Phi) is 11.1. The summed E-state index contributed by atoms with van der Waals surface area (Å²) in [7, 11) is 1.93. The molecule has 0 aliphatic carbocycles. The standard InChI is InChI=1S/C20H27ClN2O4S.H2S/c1-4-17(13-27-28-22(3)5-2)23-18(14-6-9-16(21)10-7-14)11-8-15(20(23)26)12-19(24)25;/h6-10,17-18H,4-5,11-13H2,1-3H3,(H,24,25);1H2/t17-,18?;/m0./s1. The van der Waals surface area contributed by atoms with Gasteiger partial charge in [0.25, 0.3) is 5.91 Å². The first-order valence-electron chi connectivity index (χ1n) is 9.37. The van der Waals surface area contributed by atoms with E-state index in [1.807, 2.05) is 37.3 Å². The van der Waals surface area contributed by atoms with Crippen molar-refractivity contribution in [1.29, 1.82) is 0 Å². The third kappa shape index (κ3) is 7.22. The molecule has 1 amide bonds. The summed E-state index contributed by atoms with van der Waals surface area (Å²) in [6, 6.07) is 7.10. The van der Waals surface area contributed by atoms with Crippen LogP contribution >= 0.6 is 37.3 Å². The Balaban J connectivity index is 0.00000420. The fraction of sp³-hybridized carbons (Fsp3) is 0.500. The fourth-order valence-electron chi connectivity index (χ4n) is 3.12. The Morgan fingerprint density at radius 1 is 1.38 bits per heavy atom. The van der Waals surface area contributed by atoms with E-state index in [9.17, 15) is 9.59 Å². The van der Waals surface area contributed by atoms with E-state index >= 15 is 0 Å². The first-order valence-corrected chi connectivity index (χ1v) is 10.4. The van der Waals surface area contributed by atoms with E-state index in [0.717, 1.165) is 12.1 Å². The van der Waals surface area contributed by atoms with Gasteiger partial charge in [-0.3, -0.25) is 13.8 Å². The number of carbonyl (C=O) groups is 2. The number of benzene rings is 1. The van der Waals surface area contributed by atoms with Crippen LogP contribution in [-0.4, -0.2) is 52.4 Å². The Bertz CT molecular complexity index is 715. The molecule has 29 heavy (non-hydrogen) atoms. The van der Waals surface area contributed by atoms with E-state index < -0.39 is 5.97 Å². The third-order valence-electron chi connectivity index (χ3n) is 4.78. The second-order valence-electron chi connectivity index (χ2n) is 6.68. The molecule has 1 N–H and O–H groups in total. The first-order chi connectivity index (χ1) is 13.4. The van der Waals surface area contributed by atoms with E-state index in [2.05, 4.69) is 0 Å². The number of rotatable bonds is 10. The molecule has 0 spiro atoms. The summed E-state index contributed by atoms with van der Waals surface area (Å²) in [5.74, 6) is -1.24. The van der Waals surface area contributed by atoms with Crippen molar-refractivity contribution in [2.24, 2.45) is 0 Å². The molecule has 0 bridgehead atoms. The van der Waals surface area contributed by atoms with Crippen molar-refractivity contribution >= 4 is 49.2 Å². The predicted molar refractivity (Wildman–Crippen MR) is 122 cm³/mol. The number of carboxylic acid groups (broad SMARTS) is 1. The maximum Gasteiger partial charge on any atom is 0.308 e. The highest BCUT2D eigenvalue weighted by molar-refractivity contribution is 7.92. The number of carbonyl (C=O) groups excluding carboxylic acids is 1. The predicted octanol–water partition coefficient (Wildman–Crippen LogP) is 4.44. The van der Waals surface area contributed by atoms with Crippen LogP contribution in [0.25, 0.3) is 0 Å². The van der Waals surface area contributed by atoms with E-state index in [-0.39, 0.29) is 37.9 Å². The smallest absolute Gasteiger partial charge is 0.308 e. The molecule has 0 saturated carbocycles. The third-order valence-corrected chi connectivity index (χ3v) is 5.79. The SMILES string of the molecule is CC[C@@H](COSN(C)CC)N1C(=O)C(CC(=O)O)=CCC1c1ccc(Cl)cc1.S. The summed E-state index contributed by atoms with van der Waals surface area (Å²) < 4.78 is 7.71. The van der Waals surface area contributed by atoms with Gasteiger partial charge in [0.05, 0.1) is 37.3 Å². The zero-order valence-electron chi connectivity index (χ0n) is 16.9. The van der Waals surface area contributed by atoms with Gasteiger partial charge in [0.15, 0.2) is 0 Å². The lowest BCUT2D eigenvalue weighted by molar-refractivity contribution is -0.140. The highest BCUT2D eigenvalue weighted by Crippen LogP contribution is 2.35. The van der Waals surface area contributed by atoms with Gasteiger partial charge in [-0.25, -0.2) is 4.31 Å². The summed E-state index contributed by atoms with van der Waals surface area (Å²) in [4.78, 5) is 26.1. The van der Waals surface area contributed by atoms with Gasteiger partial charge >= 0.3 is 5.97 Å². The minimum absolute atomic E-state index is 0. The molecule has 6 nitrogen and oxygen atoms in total. The molecule has 1 heterocycles. The van der Waals surface area contributed by atoms with E-state index in [1.165, 1.54) is 12.2 Å². The van der Waals surface area contributed by atoms with Crippen molar-refractivity contribution in [1.82, 2.24) is 9.21 Å². The zero-order chi connectivity index (χ0) is 20.7. The monoisotopic (exact) mass is 460 g/mol. The van der Waals surface area contributed by atoms with Crippen LogP contribution in [0.15, 0.2) is 35.9 Å². The highest BCUT2D eigenvalue weighted by atomic mass is 35.5. The van der Waals surface area contributed by atoms with Gasteiger partial charge in [-0.2, -0.15) is 13.5 Å². The van der Waals surface area contributed by atoms with E-state index in [1.54, 1.807) is 23.1 Å². The van der Waals surface area contributed by atoms with Crippen LogP contribution < -0.4 is 0 Å². The second kappa shape index (κ2) is 12.5. The van der Waals surface area contributed by atoms with Gasteiger partial charge in [0.2, 0.25) is 0 Å². The molecule has 1 aromatic carbocycles. The summed E-state index contributed by atoms with van der Waals surface area (Å²) >= 11 is 7.28. The van der Waals surface area contributed by atoms with Crippen molar-refractivity contribution in [2.45, 2.75) is 45.2 Å². The van der Waals surface area contributed by atoms with Crippen LogP contribution in [-0.2, 0) is 13.8 Å². The number of halogens is 1. The van der Waals surface area contributed by atoms with Crippen LogP contribution in [0.4, 0.5) is 0 Å². The average molecular weight is 461 g/mol. The first kappa shape index (κ1) is 25.8. The lowest BCUT2D eigenvalue weighted by Crippen LogP contribution is -2.47. The molecule has 0 fully saturated rings. The van der Waals surface area contributed by atoms with Gasteiger partial charge in [-0.15, -0.1) is 0 Å². The molecule has 1 aliphatic heterocycles. The Hall–Kier alpha value is -1.19. The van der Waals surface area contributed by atoms with Gasteiger partial charge in [-0.1, -0.05) is 43.7 Å². The van der Waals surface area contributed by atoms with Crippen molar-refractivity contribution in [2.75, 3.05) is 20.2 Å². The van der Waals surface area contributed by atoms with Crippen molar-refractivity contribution in [3.63, 3.8) is 0 Å². The molecule has 0 radical (unpaired) electrons. The zero-order valence-corrected chi connectivity index (χ0v) is 19.5. The number of carboxylic acids is 1. The minimum Gasteiger partial charge on any atom is -0.481 e. The number of aliphatic carboxylic acids is 1. The van der Waals surface area contributed by atoms with Crippen LogP contribution in [0.3, 0.4) is 0 Å². The summed E-state index contributed by atoms with van der Waals surface area (Å²) in [5, 5.41) is 9.78. The van der Waals surface area contributed by atoms with E-state index in [4.69, 9.17) is 20.9 Å². The number of nitrogens with zero attached hydrogens (tertiary/aromatic N) is 2. The molecular formula is C20H29ClN2O4S2. The average Bonchev–Trinajstić information content (AvgIpc) is 2.67. The lowest BCUT2D eigenvalue weighted by Gasteiger charge is -2.40. The molecule has 1 aromatic rings. The lowest BCUT2D eigenvalue weighted by atomic mass is 9.92. The molecule has 1 aliphatic rings. The Morgan fingerprint density at radius 3 is 2.59 bits per heavy atom. The topological polar surface area (TPSA) is 70.1 Å². The number of amides is 1. The van der Waals surface area contributed by atoms with Crippen LogP contribution in [0.2, 0.25) is 5.02 Å². The van der Waals surface area contributed by atoms with Crippen molar-refractivity contribution < 1.29 is 18.9 Å². The molecular weight excluding hydrogens is 432 g/mol.